The molecule has 0 aliphatic carbocycles. The zero-order chi connectivity index (χ0) is 9.68. The van der Waals surface area contributed by atoms with Gasteiger partial charge in [0.15, 0.2) is 5.82 Å². The van der Waals surface area contributed by atoms with Gasteiger partial charge in [-0.25, -0.2) is 4.98 Å². The molecule has 1 rings (SSSR count). The fourth-order valence-electron chi connectivity index (χ4n) is 0.976. The molecule has 0 bridgehead atoms. The van der Waals surface area contributed by atoms with E-state index in [1.165, 1.54) is 0 Å². The fraction of sp³-hybridized carbons (Fsp3) is 0.667. The molecule has 0 aliphatic heterocycles. The van der Waals surface area contributed by atoms with Crippen LogP contribution in [0.1, 0.15) is 31.3 Å². The third-order valence-electron chi connectivity index (χ3n) is 1.81. The Morgan fingerprint density at radius 1 is 1.46 bits per heavy atom. The van der Waals surface area contributed by atoms with Crippen molar-refractivity contribution < 1.29 is 0 Å². The van der Waals surface area contributed by atoms with Crippen LogP contribution in [0.25, 0.3) is 0 Å². The van der Waals surface area contributed by atoms with Gasteiger partial charge in [-0.2, -0.15) is 5.10 Å². The van der Waals surface area contributed by atoms with Gasteiger partial charge in [-0.05, 0) is 13.0 Å². The molecular weight excluding hydrogens is 164 g/mol. The predicted molar refractivity (Wildman–Crippen MR) is 51.5 cm³/mol. The van der Waals surface area contributed by atoms with E-state index in [1.807, 2.05) is 7.05 Å². The van der Waals surface area contributed by atoms with Crippen molar-refractivity contribution in [1.29, 1.82) is 0 Å². The Kier molecular flexibility index (Phi) is 3.76. The Balaban J connectivity index is 2.68. The summed E-state index contributed by atoms with van der Waals surface area (Å²) >= 11 is 0. The molecular formula is C9H16N4. The van der Waals surface area contributed by atoms with Crippen LogP contribution >= 0.6 is 0 Å². The van der Waals surface area contributed by atoms with Crippen LogP contribution < -0.4 is 5.32 Å². The standard InChI is InChI=1S/C9H16N4/c1-7(2)8-6-11-13-9(12-8)4-5-10-3/h6-7,10H,4-5H2,1-3H3. The molecule has 1 N–H and O–H groups in total. The Bertz CT molecular complexity index is 260. The van der Waals surface area contributed by atoms with Crippen molar-refractivity contribution in [1.82, 2.24) is 20.5 Å². The first-order valence-corrected chi connectivity index (χ1v) is 4.57. The van der Waals surface area contributed by atoms with E-state index in [9.17, 15) is 0 Å². The minimum absolute atomic E-state index is 0.420. The molecule has 72 valence electrons. The van der Waals surface area contributed by atoms with Gasteiger partial charge in [0.05, 0.1) is 11.9 Å². The normalized spacial score (nSPS) is 10.8. The molecule has 0 atom stereocenters. The van der Waals surface area contributed by atoms with E-state index in [1.54, 1.807) is 6.20 Å². The summed E-state index contributed by atoms with van der Waals surface area (Å²) in [4.78, 5) is 4.40. The smallest absolute Gasteiger partial charge is 0.152 e. The highest BCUT2D eigenvalue weighted by Crippen LogP contribution is 2.08. The fourth-order valence-corrected chi connectivity index (χ4v) is 0.976. The highest BCUT2D eigenvalue weighted by Gasteiger charge is 2.03. The second-order valence-corrected chi connectivity index (χ2v) is 3.31. The summed E-state index contributed by atoms with van der Waals surface area (Å²) in [6, 6.07) is 0. The van der Waals surface area contributed by atoms with Crippen LogP contribution in [-0.2, 0) is 6.42 Å². The molecule has 1 aromatic rings. The van der Waals surface area contributed by atoms with Crippen LogP contribution in [0.4, 0.5) is 0 Å². The second-order valence-electron chi connectivity index (χ2n) is 3.31. The van der Waals surface area contributed by atoms with Crippen molar-refractivity contribution >= 4 is 0 Å². The van der Waals surface area contributed by atoms with E-state index >= 15 is 0 Å². The molecule has 4 heteroatoms. The number of likely N-dealkylation sites (N-methyl/N-ethyl adjacent to an activating group) is 1. The number of nitrogens with zero attached hydrogens (tertiary/aromatic N) is 3. The molecule has 1 aromatic heterocycles. The first kappa shape index (κ1) is 10.1. The largest absolute Gasteiger partial charge is 0.319 e. The van der Waals surface area contributed by atoms with Gasteiger partial charge >= 0.3 is 0 Å². The van der Waals surface area contributed by atoms with Gasteiger partial charge in [0, 0.05) is 13.0 Å². The van der Waals surface area contributed by atoms with Crippen LogP contribution in [0.2, 0.25) is 0 Å². The molecule has 0 amide bonds. The van der Waals surface area contributed by atoms with E-state index in [-0.39, 0.29) is 0 Å². The first-order chi connectivity index (χ1) is 6.24. The molecule has 4 nitrogen and oxygen atoms in total. The monoisotopic (exact) mass is 180 g/mol. The average Bonchev–Trinajstić information content (AvgIpc) is 2.15. The van der Waals surface area contributed by atoms with Gasteiger partial charge in [-0.3, -0.25) is 0 Å². The number of nitrogens with one attached hydrogen (secondary N) is 1. The van der Waals surface area contributed by atoms with Crippen molar-refractivity contribution in [2.45, 2.75) is 26.2 Å². The molecule has 0 spiro atoms. The Morgan fingerprint density at radius 3 is 2.85 bits per heavy atom. The minimum Gasteiger partial charge on any atom is -0.319 e. The topological polar surface area (TPSA) is 50.7 Å². The third-order valence-corrected chi connectivity index (χ3v) is 1.81. The summed E-state index contributed by atoms with van der Waals surface area (Å²) in [7, 11) is 1.92. The van der Waals surface area contributed by atoms with Crippen molar-refractivity contribution in [3.05, 3.63) is 17.7 Å². The molecule has 0 aromatic carbocycles. The quantitative estimate of drug-likeness (QED) is 0.743. The molecule has 0 unspecified atom stereocenters. The molecule has 0 radical (unpaired) electrons. The summed E-state index contributed by atoms with van der Waals surface area (Å²) in [5.41, 5.74) is 1.01. The maximum absolute atomic E-state index is 4.40. The lowest BCUT2D eigenvalue weighted by Gasteiger charge is -2.04. The molecule has 0 saturated heterocycles. The Morgan fingerprint density at radius 2 is 2.23 bits per heavy atom. The summed E-state index contributed by atoms with van der Waals surface area (Å²) in [5, 5.41) is 10.9. The lowest BCUT2D eigenvalue weighted by Crippen LogP contribution is -2.13. The highest BCUT2D eigenvalue weighted by molar-refractivity contribution is 5.01. The van der Waals surface area contributed by atoms with Crippen LogP contribution in [0.5, 0.6) is 0 Å². The van der Waals surface area contributed by atoms with Gasteiger partial charge in [-0.15, -0.1) is 5.10 Å². The Hall–Kier alpha value is -1.03. The van der Waals surface area contributed by atoms with Crippen LogP contribution in [-0.4, -0.2) is 28.8 Å². The SMILES string of the molecule is CNCCc1nncc(C(C)C)n1. The van der Waals surface area contributed by atoms with Crippen molar-refractivity contribution in [2.75, 3.05) is 13.6 Å². The molecule has 0 aliphatic rings. The number of hydrogen-bond acceptors (Lipinski definition) is 4. The highest BCUT2D eigenvalue weighted by atomic mass is 15.1. The van der Waals surface area contributed by atoms with Crippen molar-refractivity contribution in [3.63, 3.8) is 0 Å². The van der Waals surface area contributed by atoms with E-state index in [0.29, 0.717) is 5.92 Å². The van der Waals surface area contributed by atoms with Gasteiger partial charge in [0.2, 0.25) is 0 Å². The van der Waals surface area contributed by atoms with Gasteiger partial charge < -0.3 is 5.32 Å². The molecule has 0 saturated carbocycles. The van der Waals surface area contributed by atoms with Gasteiger partial charge in [-0.1, -0.05) is 13.8 Å². The minimum atomic E-state index is 0.420. The summed E-state index contributed by atoms with van der Waals surface area (Å²) in [5.74, 6) is 1.24. The second kappa shape index (κ2) is 4.87. The molecule has 0 fully saturated rings. The van der Waals surface area contributed by atoms with Crippen molar-refractivity contribution in [3.8, 4) is 0 Å². The van der Waals surface area contributed by atoms with Gasteiger partial charge in [0.1, 0.15) is 0 Å². The van der Waals surface area contributed by atoms with Crippen LogP contribution in [0.3, 0.4) is 0 Å². The van der Waals surface area contributed by atoms with E-state index in [2.05, 4.69) is 34.3 Å². The van der Waals surface area contributed by atoms with E-state index in [4.69, 9.17) is 0 Å². The predicted octanol–water partition coefficient (Wildman–Crippen LogP) is 0.757. The van der Waals surface area contributed by atoms with E-state index in [0.717, 1.165) is 24.5 Å². The number of rotatable bonds is 4. The van der Waals surface area contributed by atoms with Crippen LogP contribution in [0, 0.1) is 0 Å². The summed E-state index contributed by atoms with van der Waals surface area (Å²) < 4.78 is 0. The van der Waals surface area contributed by atoms with Gasteiger partial charge in [0.25, 0.3) is 0 Å². The number of aromatic nitrogens is 3. The molecule has 1 heterocycles. The van der Waals surface area contributed by atoms with E-state index < -0.39 is 0 Å². The van der Waals surface area contributed by atoms with Crippen LogP contribution in [0.15, 0.2) is 6.20 Å². The maximum Gasteiger partial charge on any atom is 0.152 e. The third kappa shape index (κ3) is 3.06. The Labute approximate surface area is 78.8 Å². The zero-order valence-electron chi connectivity index (χ0n) is 8.41. The molecule has 13 heavy (non-hydrogen) atoms. The van der Waals surface area contributed by atoms with Crippen molar-refractivity contribution in [2.24, 2.45) is 0 Å². The maximum atomic E-state index is 4.40. The lowest BCUT2D eigenvalue weighted by atomic mass is 10.1. The summed E-state index contributed by atoms with van der Waals surface area (Å²) in [6.07, 6.45) is 2.57. The first-order valence-electron chi connectivity index (χ1n) is 4.57. The average molecular weight is 180 g/mol. The zero-order valence-corrected chi connectivity index (χ0v) is 8.41. The number of hydrogen-bond donors (Lipinski definition) is 1. The summed E-state index contributed by atoms with van der Waals surface area (Å²) in [6.45, 7) is 5.10. The lowest BCUT2D eigenvalue weighted by molar-refractivity contribution is 0.702.